The van der Waals surface area contributed by atoms with Crippen molar-refractivity contribution in [3.63, 3.8) is 0 Å². The third-order valence-corrected chi connectivity index (χ3v) is 1.99. The van der Waals surface area contributed by atoms with Gasteiger partial charge in [0.05, 0.1) is 14.2 Å². The fraction of sp³-hybridized carbons (Fsp3) is 0.400. The summed E-state index contributed by atoms with van der Waals surface area (Å²) in [7, 11) is 2.73. The molecule has 0 saturated heterocycles. The van der Waals surface area contributed by atoms with Crippen molar-refractivity contribution in [3.05, 3.63) is 23.8 Å². The first kappa shape index (κ1) is 11.7. The molecule has 84 valence electrons. The summed E-state index contributed by atoms with van der Waals surface area (Å²) in [6.07, 6.45) is -4.72. The monoisotopic (exact) mass is 218 g/mol. The van der Waals surface area contributed by atoms with Gasteiger partial charge >= 0.3 is 0 Å². The largest absolute Gasteiger partial charge is 0.493 e. The molecule has 1 unspecified atom stereocenters. The second kappa shape index (κ2) is 4.93. The van der Waals surface area contributed by atoms with Crippen LogP contribution in [0.15, 0.2) is 18.2 Å². The molecule has 1 aromatic rings. The lowest BCUT2D eigenvalue weighted by Crippen LogP contribution is -2.10. The SMILES string of the molecule is COc1cccc(C(O)C(F)F)c1OC. The Bertz CT molecular complexity index is 328. The van der Waals surface area contributed by atoms with Crippen LogP contribution in [-0.4, -0.2) is 25.8 Å². The maximum absolute atomic E-state index is 12.3. The van der Waals surface area contributed by atoms with Crippen molar-refractivity contribution in [2.75, 3.05) is 14.2 Å². The Morgan fingerprint density at radius 1 is 1.20 bits per heavy atom. The fourth-order valence-electron chi connectivity index (χ4n) is 1.28. The predicted octanol–water partition coefficient (Wildman–Crippen LogP) is 2.00. The minimum atomic E-state index is -2.86. The van der Waals surface area contributed by atoms with Gasteiger partial charge in [0, 0.05) is 5.56 Å². The van der Waals surface area contributed by atoms with Crippen molar-refractivity contribution in [2.24, 2.45) is 0 Å². The van der Waals surface area contributed by atoms with Crippen LogP contribution in [0.1, 0.15) is 11.7 Å². The van der Waals surface area contributed by atoms with Gasteiger partial charge in [0.25, 0.3) is 6.43 Å². The molecule has 0 aliphatic heterocycles. The van der Waals surface area contributed by atoms with Crippen molar-refractivity contribution < 1.29 is 23.4 Å². The second-order valence-corrected chi connectivity index (χ2v) is 2.86. The highest BCUT2D eigenvalue weighted by Gasteiger charge is 2.24. The molecule has 1 aromatic carbocycles. The van der Waals surface area contributed by atoms with Crippen molar-refractivity contribution in [1.82, 2.24) is 0 Å². The topological polar surface area (TPSA) is 38.7 Å². The Kier molecular flexibility index (Phi) is 3.85. The van der Waals surface area contributed by atoms with Crippen LogP contribution in [0.4, 0.5) is 8.78 Å². The van der Waals surface area contributed by atoms with Crippen LogP contribution in [0.2, 0.25) is 0 Å². The van der Waals surface area contributed by atoms with Gasteiger partial charge in [-0.25, -0.2) is 8.78 Å². The normalized spacial score (nSPS) is 12.7. The number of ether oxygens (including phenoxy) is 2. The van der Waals surface area contributed by atoms with Crippen molar-refractivity contribution in [3.8, 4) is 11.5 Å². The molecule has 0 bridgehead atoms. The minimum absolute atomic E-state index is 0.0202. The summed E-state index contributed by atoms with van der Waals surface area (Å²) in [5.74, 6) is 0.447. The Morgan fingerprint density at radius 2 is 1.87 bits per heavy atom. The van der Waals surface area contributed by atoms with Gasteiger partial charge in [0.2, 0.25) is 0 Å². The summed E-state index contributed by atoms with van der Waals surface area (Å²) >= 11 is 0. The average molecular weight is 218 g/mol. The van der Waals surface area contributed by atoms with E-state index < -0.39 is 12.5 Å². The van der Waals surface area contributed by atoms with E-state index in [0.29, 0.717) is 5.75 Å². The lowest BCUT2D eigenvalue weighted by atomic mass is 10.1. The number of benzene rings is 1. The number of para-hydroxylation sites is 1. The highest BCUT2D eigenvalue weighted by molar-refractivity contribution is 5.47. The van der Waals surface area contributed by atoms with Gasteiger partial charge in [-0.15, -0.1) is 0 Å². The predicted molar refractivity (Wildman–Crippen MR) is 50.5 cm³/mol. The average Bonchev–Trinajstić information content (AvgIpc) is 2.26. The van der Waals surface area contributed by atoms with Gasteiger partial charge < -0.3 is 14.6 Å². The summed E-state index contributed by atoms with van der Waals surface area (Å²) in [5.41, 5.74) is 0.0202. The van der Waals surface area contributed by atoms with Crippen LogP contribution in [-0.2, 0) is 0 Å². The van der Waals surface area contributed by atoms with Gasteiger partial charge in [0.15, 0.2) is 11.5 Å². The molecule has 5 heteroatoms. The van der Waals surface area contributed by atoms with Gasteiger partial charge in [-0.1, -0.05) is 12.1 Å². The molecule has 0 aliphatic rings. The number of alkyl halides is 2. The maximum Gasteiger partial charge on any atom is 0.268 e. The number of hydrogen-bond acceptors (Lipinski definition) is 3. The first-order valence-corrected chi connectivity index (χ1v) is 4.29. The first-order valence-electron chi connectivity index (χ1n) is 4.29. The first-order chi connectivity index (χ1) is 7.11. The molecular weight excluding hydrogens is 206 g/mol. The standard InChI is InChI=1S/C10H12F2O3/c1-14-7-5-3-4-6(9(7)15-2)8(13)10(11)12/h3-5,8,10,13H,1-2H3. The highest BCUT2D eigenvalue weighted by Crippen LogP contribution is 2.36. The molecule has 0 spiro atoms. The van der Waals surface area contributed by atoms with E-state index in [1.165, 1.54) is 26.4 Å². The van der Waals surface area contributed by atoms with Crippen LogP contribution in [0.25, 0.3) is 0 Å². The number of methoxy groups -OCH3 is 2. The number of halogens is 2. The molecule has 1 atom stereocenters. The molecule has 1 N–H and O–H groups in total. The molecule has 0 aromatic heterocycles. The number of aliphatic hydroxyl groups excluding tert-OH is 1. The van der Waals surface area contributed by atoms with Gasteiger partial charge in [-0.3, -0.25) is 0 Å². The van der Waals surface area contributed by atoms with E-state index in [4.69, 9.17) is 9.47 Å². The molecule has 0 fully saturated rings. The molecule has 0 radical (unpaired) electrons. The quantitative estimate of drug-likeness (QED) is 0.840. The smallest absolute Gasteiger partial charge is 0.268 e. The summed E-state index contributed by atoms with van der Waals surface area (Å²) in [6.45, 7) is 0. The third kappa shape index (κ3) is 2.36. The number of hydrogen-bond donors (Lipinski definition) is 1. The zero-order valence-electron chi connectivity index (χ0n) is 8.41. The second-order valence-electron chi connectivity index (χ2n) is 2.86. The zero-order chi connectivity index (χ0) is 11.4. The van der Waals surface area contributed by atoms with E-state index in [2.05, 4.69) is 0 Å². The lowest BCUT2D eigenvalue weighted by Gasteiger charge is -2.16. The van der Waals surface area contributed by atoms with Crippen molar-refractivity contribution in [1.29, 1.82) is 0 Å². The number of aliphatic hydroxyl groups is 1. The maximum atomic E-state index is 12.3. The van der Waals surface area contributed by atoms with Gasteiger partial charge in [-0.05, 0) is 6.07 Å². The van der Waals surface area contributed by atoms with Gasteiger partial charge in [0.1, 0.15) is 6.10 Å². The molecule has 3 nitrogen and oxygen atoms in total. The number of rotatable bonds is 4. The van der Waals surface area contributed by atoms with Crippen molar-refractivity contribution in [2.45, 2.75) is 12.5 Å². The molecule has 0 saturated carbocycles. The molecule has 1 rings (SSSR count). The van der Waals surface area contributed by atoms with Gasteiger partial charge in [-0.2, -0.15) is 0 Å². The van der Waals surface area contributed by atoms with Crippen LogP contribution >= 0.6 is 0 Å². The molecular formula is C10H12F2O3. The van der Waals surface area contributed by atoms with Crippen molar-refractivity contribution >= 4 is 0 Å². The Balaban J connectivity index is 3.16. The molecule has 0 aliphatic carbocycles. The van der Waals surface area contributed by atoms with E-state index in [1.54, 1.807) is 6.07 Å². The summed E-state index contributed by atoms with van der Waals surface area (Å²) in [6, 6.07) is 4.46. The summed E-state index contributed by atoms with van der Waals surface area (Å²) in [5, 5.41) is 9.24. The third-order valence-electron chi connectivity index (χ3n) is 1.99. The van der Waals surface area contributed by atoms with Crippen LogP contribution in [0.5, 0.6) is 11.5 Å². The Morgan fingerprint density at radius 3 is 2.33 bits per heavy atom. The molecule has 0 amide bonds. The van der Waals surface area contributed by atoms with Crippen LogP contribution < -0.4 is 9.47 Å². The van der Waals surface area contributed by atoms with Crippen LogP contribution in [0, 0.1) is 0 Å². The molecule has 0 heterocycles. The summed E-state index contributed by atoms with van der Waals surface area (Å²) < 4.78 is 34.5. The van der Waals surface area contributed by atoms with E-state index in [0.717, 1.165) is 0 Å². The molecule has 15 heavy (non-hydrogen) atoms. The highest BCUT2D eigenvalue weighted by atomic mass is 19.3. The lowest BCUT2D eigenvalue weighted by molar-refractivity contribution is -0.00713. The van der Waals surface area contributed by atoms with E-state index in [9.17, 15) is 13.9 Å². The van der Waals surface area contributed by atoms with E-state index in [1.807, 2.05) is 0 Å². The fourth-order valence-corrected chi connectivity index (χ4v) is 1.28. The van der Waals surface area contributed by atoms with E-state index in [-0.39, 0.29) is 11.3 Å². The Labute approximate surface area is 86.2 Å². The van der Waals surface area contributed by atoms with Crippen LogP contribution in [0.3, 0.4) is 0 Å². The van der Waals surface area contributed by atoms with E-state index >= 15 is 0 Å². The minimum Gasteiger partial charge on any atom is -0.493 e. The summed E-state index contributed by atoms with van der Waals surface area (Å²) in [4.78, 5) is 0. The Hall–Kier alpha value is -1.36. The zero-order valence-corrected chi connectivity index (χ0v) is 8.41.